The topological polar surface area (TPSA) is 95.7 Å². The van der Waals surface area contributed by atoms with E-state index in [1.54, 1.807) is 12.1 Å². The second-order valence-corrected chi connectivity index (χ2v) is 6.50. The molecule has 0 unspecified atom stereocenters. The molecule has 20 heavy (non-hydrogen) atoms. The fourth-order valence-electron chi connectivity index (χ4n) is 2.14. The van der Waals surface area contributed by atoms with Crippen molar-refractivity contribution in [3.8, 4) is 0 Å². The van der Waals surface area contributed by atoms with E-state index in [4.69, 9.17) is 8.92 Å². The van der Waals surface area contributed by atoms with Gasteiger partial charge in [-0.3, -0.25) is 14.3 Å². The molecule has 1 fully saturated rings. The van der Waals surface area contributed by atoms with Crippen LogP contribution in [0.25, 0.3) is 0 Å². The van der Waals surface area contributed by atoms with Crippen molar-refractivity contribution in [3.05, 3.63) is 39.9 Å². The highest BCUT2D eigenvalue weighted by atomic mass is 32.2. The van der Waals surface area contributed by atoms with Gasteiger partial charge in [-0.1, -0.05) is 12.1 Å². The molecule has 0 radical (unpaired) electrons. The fraction of sp³-hybridized carbons (Fsp3) is 0.500. The van der Waals surface area contributed by atoms with Crippen molar-refractivity contribution in [2.45, 2.75) is 11.8 Å². The lowest BCUT2D eigenvalue weighted by atomic mass is 9.76. The average molecular weight is 301 g/mol. The number of nitrogens with zero attached hydrogens (tertiary/aromatic N) is 1. The van der Waals surface area contributed by atoms with Crippen LogP contribution in [-0.2, 0) is 24.5 Å². The molecule has 1 saturated heterocycles. The average Bonchev–Trinajstić information content (AvgIpc) is 2.31. The van der Waals surface area contributed by atoms with Crippen LogP contribution in [0.1, 0.15) is 12.0 Å². The van der Waals surface area contributed by atoms with Crippen LogP contribution < -0.4 is 0 Å². The van der Waals surface area contributed by atoms with Crippen molar-refractivity contribution >= 4 is 15.8 Å². The molecule has 0 atom stereocenters. The molecule has 0 aromatic heterocycles. The highest BCUT2D eigenvalue weighted by Gasteiger charge is 2.40. The molecule has 0 saturated carbocycles. The van der Waals surface area contributed by atoms with Gasteiger partial charge in [0.05, 0.1) is 31.0 Å². The third-order valence-electron chi connectivity index (χ3n) is 3.30. The quantitative estimate of drug-likeness (QED) is 0.445. The molecule has 0 aliphatic carbocycles. The molecule has 2 rings (SSSR count). The van der Waals surface area contributed by atoms with Gasteiger partial charge in [0.1, 0.15) is 0 Å². The van der Waals surface area contributed by atoms with E-state index >= 15 is 0 Å². The summed E-state index contributed by atoms with van der Waals surface area (Å²) in [6.07, 6.45) is 1.42. The maximum Gasteiger partial charge on any atom is 0.269 e. The van der Waals surface area contributed by atoms with Crippen molar-refractivity contribution in [1.29, 1.82) is 0 Å². The van der Waals surface area contributed by atoms with E-state index in [1.807, 2.05) is 0 Å². The van der Waals surface area contributed by atoms with Gasteiger partial charge in [0.15, 0.2) is 0 Å². The first-order valence-corrected chi connectivity index (χ1v) is 7.81. The van der Waals surface area contributed by atoms with E-state index in [9.17, 15) is 18.5 Å². The van der Waals surface area contributed by atoms with E-state index in [0.29, 0.717) is 19.6 Å². The summed E-state index contributed by atoms with van der Waals surface area (Å²) in [7, 11) is -3.48. The van der Waals surface area contributed by atoms with E-state index < -0.39 is 20.5 Å². The summed E-state index contributed by atoms with van der Waals surface area (Å²) < 4.78 is 31.9. The molecule has 1 aromatic rings. The Morgan fingerprint density at radius 3 is 2.65 bits per heavy atom. The maximum absolute atomic E-state index is 11.0. The van der Waals surface area contributed by atoms with Gasteiger partial charge in [0, 0.05) is 17.5 Å². The molecule has 1 aliphatic heterocycles. The summed E-state index contributed by atoms with van der Waals surface area (Å²) in [4.78, 5) is 10.3. The number of hydrogen-bond donors (Lipinski definition) is 0. The van der Waals surface area contributed by atoms with Crippen molar-refractivity contribution < 1.29 is 22.3 Å². The number of ether oxygens (including phenoxy) is 1. The smallest absolute Gasteiger partial charge is 0.269 e. The van der Waals surface area contributed by atoms with Gasteiger partial charge >= 0.3 is 0 Å². The zero-order valence-corrected chi connectivity index (χ0v) is 11.8. The summed E-state index contributed by atoms with van der Waals surface area (Å²) in [5.74, 6) is 0. The molecule has 0 amide bonds. The van der Waals surface area contributed by atoms with Gasteiger partial charge in [-0.25, -0.2) is 0 Å². The summed E-state index contributed by atoms with van der Waals surface area (Å²) >= 11 is 0. The van der Waals surface area contributed by atoms with Crippen molar-refractivity contribution in [1.82, 2.24) is 0 Å². The van der Waals surface area contributed by atoms with Crippen molar-refractivity contribution in [2.24, 2.45) is 0 Å². The van der Waals surface area contributed by atoms with Gasteiger partial charge in [-0.15, -0.1) is 0 Å². The van der Waals surface area contributed by atoms with Crippen molar-refractivity contribution in [2.75, 3.05) is 26.1 Å². The lowest BCUT2D eigenvalue weighted by Crippen LogP contribution is -2.47. The standard InChI is InChI=1S/C12H15NO6S/c1-20(16,17)19-6-5-12(8-18-9-12)10-3-2-4-11(7-10)13(14)15/h2-4,7H,5-6,8-9H2,1H3. The molecule has 0 bridgehead atoms. The Morgan fingerprint density at radius 1 is 1.45 bits per heavy atom. The van der Waals surface area contributed by atoms with Crippen LogP contribution >= 0.6 is 0 Å². The van der Waals surface area contributed by atoms with E-state index in [0.717, 1.165) is 11.8 Å². The maximum atomic E-state index is 11.0. The molecule has 1 heterocycles. The van der Waals surface area contributed by atoms with Crippen LogP contribution in [0.15, 0.2) is 24.3 Å². The Kier molecular flexibility index (Phi) is 4.07. The fourth-order valence-corrected chi connectivity index (χ4v) is 2.53. The first kappa shape index (κ1) is 14.9. The number of nitro groups is 1. The third-order valence-corrected chi connectivity index (χ3v) is 3.90. The molecule has 0 N–H and O–H groups in total. The normalized spacial score (nSPS) is 17.4. The van der Waals surface area contributed by atoms with Crippen LogP contribution in [0.2, 0.25) is 0 Å². The predicted molar refractivity (Wildman–Crippen MR) is 71.0 cm³/mol. The SMILES string of the molecule is CS(=O)(=O)OCCC1(c2cccc([N+](=O)[O-])c2)COC1. The molecule has 0 spiro atoms. The molecular formula is C12H15NO6S. The highest BCUT2D eigenvalue weighted by molar-refractivity contribution is 7.85. The van der Waals surface area contributed by atoms with Gasteiger partial charge in [0.2, 0.25) is 0 Å². The van der Waals surface area contributed by atoms with E-state index in [-0.39, 0.29) is 12.3 Å². The van der Waals surface area contributed by atoms with Crippen LogP contribution in [0.5, 0.6) is 0 Å². The number of nitro benzene ring substituents is 1. The molecular weight excluding hydrogens is 286 g/mol. The number of rotatable bonds is 6. The summed E-state index contributed by atoms with van der Waals surface area (Å²) in [5.41, 5.74) is 0.379. The molecule has 1 aliphatic rings. The van der Waals surface area contributed by atoms with Crippen LogP contribution in [-0.4, -0.2) is 39.4 Å². The Hall–Kier alpha value is -1.51. The largest absolute Gasteiger partial charge is 0.379 e. The number of benzene rings is 1. The number of hydrogen-bond acceptors (Lipinski definition) is 6. The van der Waals surface area contributed by atoms with Gasteiger partial charge in [-0.05, 0) is 12.0 Å². The monoisotopic (exact) mass is 301 g/mol. The Morgan fingerprint density at radius 2 is 2.15 bits per heavy atom. The lowest BCUT2D eigenvalue weighted by molar-refractivity contribution is -0.385. The van der Waals surface area contributed by atoms with Crippen LogP contribution in [0.3, 0.4) is 0 Å². The summed E-state index contributed by atoms with van der Waals surface area (Å²) in [6, 6.07) is 6.33. The van der Waals surface area contributed by atoms with Crippen LogP contribution in [0, 0.1) is 10.1 Å². The second-order valence-electron chi connectivity index (χ2n) is 4.86. The molecule has 110 valence electrons. The Bertz CT molecular complexity index is 608. The lowest BCUT2D eigenvalue weighted by Gasteiger charge is -2.41. The highest BCUT2D eigenvalue weighted by Crippen LogP contribution is 2.37. The summed E-state index contributed by atoms with van der Waals surface area (Å²) in [6.45, 7) is 0.841. The molecule has 7 nitrogen and oxygen atoms in total. The summed E-state index contributed by atoms with van der Waals surface area (Å²) in [5, 5.41) is 10.8. The predicted octanol–water partition coefficient (Wildman–Crippen LogP) is 1.23. The zero-order valence-electron chi connectivity index (χ0n) is 10.9. The van der Waals surface area contributed by atoms with Crippen LogP contribution in [0.4, 0.5) is 5.69 Å². The minimum Gasteiger partial charge on any atom is -0.379 e. The third kappa shape index (κ3) is 3.33. The van der Waals surface area contributed by atoms with Gasteiger partial charge in [0.25, 0.3) is 15.8 Å². The van der Waals surface area contributed by atoms with E-state index in [2.05, 4.69) is 0 Å². The van der Waals surface area contributed by atoms with Gasteiger partial charge < -0.3 is 4.74 Å². The second kappa shape index (κ2) is 5.47. The van der Waals surface area contributed by atoms with Crippen molar-refractivity contribution in [3.63, 3.8) is 0 Å². The Labute approximate surface area is 116 Å². The Balaban J connectivity index is 2.14. The first-order valence-electron chi connectivity index (χ1n) is 6.00. The van der Waals surface area contributed by atoms with Gasteiger partial charge in [-0.2, -0.15) is 8.42 Å². The van der Waals surface area contributed by atoms with E-state index in [1.165, 1.54) is 12.1 Å². The molecule has 8 heteroatoms. The zero-order chi connectivity index (χ0) is 14.8. The first-order chi connectivity index (χ1) is 9.32. The molecule has 1 aromatic carbocycles. The minimum absolute atomic E-state index is 0.0119. The minimum atomic E-state index is -3.48. The number of non-ortho nitro benzene ring substituents is 1.